The Labute approximate surface area is 235 Å². The number of amides is 4. The number of likely N-dealkylation sites (tertiary alicyclic amines) is 1. The number of hydrogen-bond donors (Lipinski definition) is 6. The Balaban J connectivity index is 1.60. The van der Waals surface area contributed by atoms with Gasteiger partial charge in [0.2, 0.25) is 29.9 Å². The third-order valence-corrected chi connectivity index (χ3v) is 6.56. The van der Waals surface area contributed by atoms with Crippen molar-refractivity contribution < 1.29 is 58.6 Å². The largest absolute Gasteiger partial charge is 0.461 e. The molecular formula is C26H35N3O12. The summed E-state index contributed by atoms with van der Waals surface area (Å²) in [5.74, 6) is -2.59. The Kier molecular flexibility index (Phi) is 11.1. The Morgan fingerprint density at radius 2 is 1.80 bits per heavy atom. The molecule has 6 N–H and O–H groups in total. The second-order valence-electron chi connectivity index (χ2n) is 9.81. The van der Waals surface area contributed by atoms with E-state index in [0.717, 1.165) is 4.90 Å². The fourth-order valence-electron chi connectivity index (χ4n) is 4.26. The summed E-state index contributed by atoms with van der Waals surface area (Å²) in [5, 5.41) is 44.9. The van der Waals surface area contributed by atoms with Gasteiger partial charge in [0.15, 0.2) is 0 Å². The van der Waals surface area contributed by atoms with E-state index < -0.39 is 61.0 Å². The van der Waals surface area contributed by atoms with Crippen LogP contribution in [-0.4, -0.2) is 105 Å². The maximum Gasteiger partial charge on any atom is 0.302 e. The van der Waals surface area contributed by atoms with Crippen LogP contribution in [0.4, 0.5) is 5.69 Å². The molecule has 1 aromatic carbocycles. The lowest BCUT2D eigenvalue weighted by atomic mass is 9.99. The average molecular weight is 582 g/mol. The first-order chi connectivity index (χ1) is 19.4. The molecule has 1 aromatic rings. The van der Waals surface area contributed by atoms with E-state index in [9.17, 15) is 44.4 Å². The average Bonchev–Trinajstić information content (AvgIpc) is 3.17. The summed E-state index contributed by atoms with van der Waals surface area (Å²) in [7, 11) is 0. The topological polar surface area (TPSA) is 221 Å². The minimum Gasteiger partial charge on any atom is -0.461 e. The predicted octanol–water partition coefficient (Wildman–Crippen LogP) is -1.84. The van der Waals surface area contributed by atoms with Crippen LogP contribution in [-0.2, 0) is 40.1 Å². The first kappa shape index (κ1) is 31.9. The van der Waals surface area contributed by atoms with Crippen molar-refractivity contribution in [3.63, 3.8) is 0 Å². The summed E-state index contributed by atoms with van der Waals surface area (Å²) in [6.45, 7) is 1.99. The quantitative estimate of drug-likeness (QED) is 0.118. The van der Waals surface area contributed by atoms with E-state index in [1.807, 2.05) is 0 Å². The van der Waals surface area contributed by atoms with Crippen LogP contribution in [0.25, 0.3) is 0 Å². The van der Waals surface area contributed by atoms with Crippen LogP contribution in [0.15, 0.2) is 18.2 Å². The summed E-state index contributed by atoms with van der Waals surface area (Å²) in [6, 6.07) is 4.37. The molecule has 2 aliphatic rings. The van der Waals surface area contributed by atoms with Crippen molar-refractivity contribution in [3.8, 4) is 5.75 Å². The smallest absolute Gasteiger partial charge is 0.302 e. The van der Waals surface area contributed by atoms with Gasteiger partial charge in [0.1, 0.15) is 36.8 Å². The SMILES string of the molecule is CC(=O)OCc1ccc(OC2OC(CO)C(O)C(O)C2O)c(NC(=O)CCNC(=O)CCN2C(=O)CC(C)C2=O)c1. The lowest BCUT2D eigenvalue weighted by Gasteiger charge is -2.39. The second-order valence-corrected chi connectivity index (χ2v) is 9.81. The number of benzene rings is 1. The van der Waals surface area contributed by atoms with E-state index in [0.29, 0.717) is 5.56 Å². The van der Waals surface area contributed by atoms with Crippen molar-refractivity contribution in [1.82, 2.24) is 10.2 Å². The number of nitrogens with one attached hydrogen (secondary N) is 2. The van der Waals surface area contributed by atoms with Crippen LogP contribution >= 0.6 is 0 Å². The highest BCUT2D eigenvalue weighted by Crippen LogP contribution is 2.31. The summed E-state index contributed by atoms with van der Waals surface area (Å²) < 4.78 is 16.0. The highest BCUT2D eigenvalue weighted by atomic mass is 16.7. The summed E-state index contributed by atoms with van der Waals surface area (Å²) >= 11 is 0. The molecule has 0 radical (unpaired) electrons. The molecule has 2 heterocycles. The molecule has 0 aliphatic carbocycles. The molecule has 226 valence electrons. The number of ether oxygens (including phenoxy) is 3. The van der Waals surface area contributed by atoms with Gasteiger partial charge in [0.25, 0.3) is 0 Å². The zero-order valence-corrected chi connectivity index (χ0v) is 22.6. The van der Waals surface area contributed by atoms with E-state index in [1.54, 1.807) is 6.92 Å². The maximum absolute atomic E-state index is 12.7. The highest BCUT2D eigenvalue weighted by Gasteiger charge is 2.45. The van der Waals surface area contributed by atoms with Crippen LogP contribution in [0.1, 0.15) is 38.7 Å². The van der Waals surface area contributed by atoms with Gasteiger partial charge in [-0.05, 0) is 17.7 Å². The van der Waals surface area contributed by atoms with Crippen molar-refractivity contribution >= 4 is 35.3 Å². The Morgan fingerprint density at radius 1 is 1.07 bits per heavy atom. The first-order valence-electron chi connectivity index (χ1n) is 13.1. The van der Waals surface area contributed by atoms with Crippen molar-refractivity contribution in [2.24, 2.45) is 5.92 Å². The number of nitrogens with zero attached hydrogens (tertiary/aromatic N) is 1. The minimum absolute atomic E-state index is 0.00698. The van der Waals surface area contributed by atoms with Crippen molar-refractivity contribution in [2.45, 2.75) is 70.4 Å². The number of anilines is 1. The molecule has 6 atom stereocenters. The molecule has 0 bridgehead atoms. The number of hydrogen-bond acceptors (Lipinski definition) is 12. The summed E-state index contributed by atoms with van der Waals surface area (Å²) in [6.07, 6.45) is -7.85. The van der Waals surface area contributed by atoms with Gasteiger partial charge in [-0.15, -0.1) is 0 Å². The third-order valence-electron chi connectivity index (χ3n) is 6.56. The Morgan fingerprint density at radius 3 is 2.44 bits per heavy atom. The van der Waals surface area contributed by atoms with Crippen LogP contribution in [0.5, 0.6) is 5.75 Å². The number of aliphatic hydroxyl groups excluding tert-OH is 4. The summed E-state index contributed by atoms with van der Waals surface area (Å²) in [5.41, 5.74) is 0.563. The molecule has 0 saturated carbocycles. The van der Waals surface area contributed by atoms with Crippen LogP contribution in [0, 0.1) is 5.92 Å². The second kappa shape index (κ2) is 14.3. The Bertz CT molecular complexity index is 1140. The molecule has 4 amide bonds. The number of imide groups is 1. The number of carbonyl (C=O) groups is 5. The minimum atomic E-state index is -1.69. The number of carbonyl (C=O) groups excluding carboxylic acids is 5. The highest BCUT2D eigenvalue weighted by molar-refractivity contribution is 6.03. The molecule has 6 unspecified atom stereocenters. The fourth-order valence-corrected chi connectivity index (χ4v) is 4.26. The zero-order valence-electron chi connectivity index (χ0n) is 22.6. The molecular weight excluding hydrogens is 546 g/mol. The Hall–Kier alpha value is -3.63. The molecule has 2 aliphatic heterocycles. The molecule has 3 rings (SSSR count). The van der Waals surface area contributed by atoms with Gasteiger partial charge < -0.3 is 45.3 Å². The van der Waals surface area contributed by atoms with Crippen LogP contribution in [0.2, 0.25) is 0 Å². The number of esters is 1. The van der Waals surface area contributed by atoms with E-state index in [-0.39, 0.29) is 62.2 Å². The lowest BCUT2D eigenvalue weighted by molar-refractivity contribution is -0.277. The van der Waals surface area contributed by atoms with Crippen molar-refractivity contribution in [1.29, 1.82) is 0 Å². The molecule has 15 heteroatoms. The van der Waals surface area contributed by atoms with Gasteiger partial charge in [0.05, 0.1) is 12.3 Å². The number of aliphatic hydroxyl groups is 4. The van der Waals surface area contributed by atoms with Crippen molar-refractivity contribution in [3.05, 3.63) is 23.8 Å². The van der Waals surface area contributed by atoms with Crippen molar-refractivity contribution in [2.75, 3.05) is 25.0 Å². The number of rotatable bonds is 12. The summed E-state index contributed by atoms with van der Waals surface area (Å²) in [4.78, 5) is 60.9. The fraction of sp³-hybridized carbons (Fsp3) is 0.577. The molecule has 0 aromatic heterocycles. The van der Waals surface area contributed by atoms with E-state index in [2.05, 4.69) is 10.6 Å². The van der Waals surface area contributed by atoms with E-state index in [4.69, 9.17) is 14.2 Å². The van der Waals surface area contributed by atoms with Crippen LogP contribution in [0.3, 0.4) is 0 Å². The maximum atomic E-state index is 12.7. The van der Waals surface area contributed by atoms with E-state index in [1.165, 1.54) is 25.1 Å². The van der Waals surface area contributed by atoms with Gasteiger partial charge in [-0.1, -0.05) is 13.0 Å². The lowest BCUT2D eigenvalue weighted by Crippen LogP contribution is -2.60. The molecule has 0 spiro atoms. The van der Waals surface area contributed by atoms with Gasteiger partial charge >= 0.3 is 5.97 Å². The predicted molar refractivity (Wildman–Crippen MR) is 138 cm³/mol. The van der Waals surface area contributed by atoms with E-state index >= 15 is 0 Å². The normalized spacial score (nSPS) is 26.0. The standard InChI is InChI=1S/C26H35N3O12/c1-13-9-21(34)29(25(13)38)8-6-19(32)27-7-5-20(33)28-16-10-15(12-39-14(2)31)3-4-17(16)40-26-24(37)23(36)22(35)18(11-30)41-26/h3-4,10,13,18,22-24,26,30,35-37H,5-9,11-12H2,1-2H3,(H,27,32)(H,28,33). The molecule has 41 heavy (non-hydrogen) atoms. The van der Waals surface area contributed by atoms with Gasteiger partial charge in [-0.3, -0.25) is 28.9 Å². The van der Waals surface area contributed by atoms with Crippen LogP contribution < -0.4 is 15.4 Å². The third kappa shape index (κ3) is 8.43. The van der Waals surface area contributed by atoms with Gasteiger partial charge in [-0.25, -0.2) is 0 Å². The molecule has 2 saturated heterocycles. The monoisotopic (exact) mass is 581 g/mol. The van der Waals surface area contributed by atoms with Gasteiger partial charge in [-0.2, -0.15) is 0 Å². The first-order valence-corrected chi connectivity index (χ1v) is 13.1. The van der Waals surface area contributed by atoms with Gasteiger partial charge in [0, 0.05) is 45.2 Å². The molecule has 15 nitrogen and oxygen atoms in total. The molecule has 2 fully saturated rings. The zero-order chi connectivity index (χ0) is 30.3.